The molecule has 1 N–H and O–H groups in total. The van der Waals surface area contributed by atoms with Gasteiger partial charge in [0.25, 0.3) is 8.53 Å². The fourth-order valence-electron chi connectivity index (χ4n) is 2.47. The molecule has 0 aliphatic carbocycles. The molecule has 0 aromatic rings. The summed E-state index contributed by atoms with van der Waals surface area (Å²) in [6.45, 7) is 10.1. The van der Waals surface area contributed by atoms with E-state index in [9.17, 15) is 4.79 Å². The highest BCUT2D eigenvalue weighted by Crippen LogP contribution is 2.46. The molecule has 0 aromatic carbocycles. The van der Waals surface area contributed by atoms with Crippen molar-refractivity contribution in [3.05, 3.63) is 0 Å². The van der Waals surface area contributed by atoms with Gasteiger partial charge in [0.05, 0.1) is 38.2 Å². The Balaban J connectivity index is 3.99. The minimum atomic E-state index is -1.17. The third-order valence-electron chi connectivity index (χ3n) is 3.65. The van der Waals surface area contributed by atoms with Crippen LogP contribution in [0.5, 0.6) is 0 Å². The van der Waals surface area contributed by atoms with E-state index in [0.717, 1.165) is 25.7 Å². The Morgan fingerprint density at radius 1 is 0.929 bits per heavy atom. The molecule has 0 saturated heterocycles. The van der Waals surface area contributed by atoms with E-state index in [-0.39, 0.29) is 13.0 Å². The maximum absolute atomic E-state index is 11.3. The molecule has 9 heteroatoms. The van der Waals surface area contributed by atoms with Crippen molar-refractivity contribution >= 4 is 14.6 Å². The van der Waals surface area contributed by atoms with Gasteiger partial charge in [-0.05, 0) is 40.5 Å². The molecule has 0 spiro atoms. The summed E-state index contributed by atoms with van der Waals surface area (Å²) in [5, 5.41) is 19.8. The van der Waals surface area contributed by atoms with E-state index in [1.165, 1.54) is 0 Å². The van der Waals surface area contributed by atoms with Gasteiger partial charge in [-0.1, -0.05) is 12.8 Å². The summed E-state index contributed by atoms with van der Waals surface area (Å²) in [4.78, 5) is 11.3. The van der Waals surface area contributed by atoms with E-state index in [4.69, 9.17) is 24.3 Å². The van der Waals surface area contributed by atoms with Gasteiger partial charge in [0, 0.05) is 18.6 Å². The number of hydrogen-bond acceptors (Lipinski definition) is 7. The number of alkyl carbamates (subject to hydrolysis) is 1. The number of amides is 1. The average molecular weight is 414 g/mol. The first-order chi connectivity index (χ1) is 13.4. The molecule has 0 saturated carbocycles. The number of hydrogen-bond donors (Lipinski definition) is 1. The maximum Gasteiger partial charge on any atom is 0.407 e. The Labute approximate surface area is 171 Å². The summed E-state index contributed by atoms with van der Waals surface area (Å²) in [5.41, 5.74) is 0. The van der Waals surface area contributed by atoms with E-state index in [1.807, 2.05) is 6.07 Å². The summed E-state index contributed by atoms with van der Waals surface area (Å²) < 4.78 is 18.9. The van der Waals surface area contributed by atoms with Crippen LogP contribution in [0.2, 0.25) is 0 Å². The first-order valence-corrected chi connectivity index (χ1v) is 11.1. The fourth-order valence-corrected chi connectivity index (χ4v) is 4.10. The number of carbonyl (C=O) groups excluding carboxylic acids is 1. The Morgan fingerprint density at radius 2 is 1.50 bits per heavy atom. The zero-order chi connectivity index (χ0) is 21.2. The molecule has 0 aliphatic rings. The van der Waals surface area contributed by atoms with Gasteiger partial charge in [-0.15, -0.1) is 0 Å². The highest BCUT2D eigenvalue weighted by Gasteiger charge is 2.26. The van der Waals surface area contributed by atoms with Crippen molar-refractivity contribution in [2.24, 2.45) is 0 Å². The van der Waals surface area contributed by atoms with Crippen LogP contribution in [-0.2, 0) is 13.8 Å². The Kier molecular flexibility index (Phi) is 16.7. The second-order valence-electron chi connectivity index (χ2n) is 6.76. The highest BCUT2D eigenvalue weighted by molar-refractivity contribution is 7.44. The zero-order valence-electron chi connectivity index (χ0n) is 17.6. The Bertz CT molecular complexity index is 483. The number of unbranched alkanes of at least 4 members (excludes halogenated alkanes) is 3. The van der Waals surface area contributed by atoms with E-state index in [0.29, 0.717) is 38.3 Å². The monoisotopic (exact) mass is 414 g/mol. The van der Waals surface area contributed by atoms with E-state index >= 15 is 0 Å². The number of nitriles is 2. The topological polar surface area (TPSA) is 108 Å². The molecule has 0 radical (unpaired) electrons. The minimum Gasteiger partial charge on any atom is -0.448 e. The second kappa shape index (κ2) is 17.6. The predicted octanol–water partition coefficient (Wildman–Crippen LogP) is 4.48. The lowest BCUT2D eigenvalue weighted by molar-refractivity contribution is 0.148. The van der Waals surface area contributed by atoms with Crippen LogP contribution >= 0.6 is 8.53 Å². The molecule has 8 nitrogen and oxygen atoms in total. The van der Waals surface area contributed by atoms with E-state index in [2.05, 4.69) is 43.8 Å². The van der Waals surface area contributed by atoms with Gasteiger partial charge in [0.1, 0.15) is 6.61 Å². The van der Waals surface area contributed by atoms with E-state index in [1.54, 1.807) is 0 Å². The molecule has 0 aromatic heterocycles. The molecule has 1 unspecified atom stereocenters. The smallest absolute Gasteiger partial charge is 0.407 e. The van der Waals surface area contributed by atoms with Gasteiger partial charge in [0.2, 0.25) is 0 Å². The van der Waals surface area contributed by atoms with Gasteiger partial charge < -0.3 is 19.1 Å². The quantitative estimate of drug-likeness (QED) is 0.293. The molecular formula is C19H35N4O4P. The second-order valence-corrected chi connectivity index (χ2v) is 8.22. The van der Waals surface area contributed by atoms with Crippen molar-refractivity contribution in [3.63, 3.8) is 0 Å². The lowest BCUT2D eigenvalue weighted by atomic mass is 10.2. The van der Waals surface area contributed by atoms with Crippen LogP contribution in [0.4, 0.5) is 4.79 Å². The van der Waals surface area contributed by atoms with Gasteiger partial charge >= 0.3 is 6.09 Å². The predicted molar refractivity (Wildman–Crippen MR) is 109 cm³/mol. The summed E-state index contributed by atoms with van der Waals surface area (Å²) in [6, 6.07) is 4.61. The molecule has 0 fully saturated rings. The van der Waals surface area contributed by atoms with Crippen molar-refractivity contribution in [2.45, 2.75) is 78.3 Å². The van der Waals surface area contributed by atoms with Crippen LogP contribution in [0.1, 0.15) is 66.2 Å². The third kappa shape index (κ3) is 13.7. The van der Waals surface area contributed by atoms with Crippen LogP contribution in [0.15, 0.2) is 0 Å². The van der Waals surface area contributed by atoms with Gasteiger partial charge in [-0.25, -0.2) is 9.46 Å². The van der Waals surface area contributed by atoms with Crippen LogP contribution in [-0.4, -0.2) is 49.2 Å². The molecule has 1 atom stereocenters. The average Bonchev–Trinajstić information content (AvgIpc) is 2.63. The van der Waals surface area contributed by atoms with Crippen LogP contribution in [0.25, 0.3) is 0 Å². The van der Waals surface area contributed by atoms with Crippen molar-refractivity contribution in [1.29, 1.82) is 10.5 Å². The van der Waals surface area contributed by atoms with Gasteiger partial charge in [-0.3, -0.25) is 0 Å². The van der Waals surface area contributed by atoms with Crippen LogP contribution in [0, 0.1) is 22.7 Å². The molecule has 0 aliphatic heterocycles. The van der Waals surface area contributed by atoms with Crippen LogP contribution in [0.3, 0.4) is 0 Å². The molecular weight excluding hydrogens is 379 g/mol. The molecule has 0 rings (SSSR count). The lowest BCUT2D eigenvalue weighted by Crippen LogP contribution is -2.33. The molecule has 160 valence electrons. The van der Waals surface area contributed by atoms with Crippen molar-refractivity contribution in [2.75, 3.05) is 26.4 Å². The lowest BCUT2D eigenvalue weighted by Gasteiger charge is -2.35. The number of nitrogens with one attached hydrogen (secondary N) is 1. The summed E-state index contributed by atoms with van der Waals surface area (Å²) >= 11 is 0. The fraction of sp³-hybridized carbons (Fsp3) is 0.842. The van der Waals surface area contributed by atoms with Gasteiger partial charge in [-0.2, -0.15) is 10.5 Å². The molecule has 28 heavy (non-hydrogen) atoms. The van der Waals surface area contributed by atoms with Crippen molar-refractivity contribution < 1.29 is 18.6 Å². The standard InChI is InChI=1S/C19H35N4O4P/c1-17(2)23(18(3)4)28(27-16-10-12-21)26-15-8-6-5-7-13-22-19(24)25-14-9-11-20/h17-18H,5-10,13-16H2,1-4H3,(H,22,24). The normalized spacial score (nSPS) is 12.0. The molecule has 0 heterocycles. The number of ether oxygens (including phenoxy) is 1. The maximum atomic E-state index is 11.3. The zero-order valence-corrected chi connectivity index (χ0v) is 18.5. The Hall–Kier alpha value is -1.44. The Morgan fingerprint density at radius 3 is 2.11 bits per heavy atom. The minimum absolute atomic E-state index is 0.128. The largest absolute Gasteiger partial charge is 0.448 e. The summed E-state index contributed by atoms with van der Waals surface area (Å²) in [5.74, 6) is 0. The SMILES string of the molecule is CC(C)N(C(C)C)P(OCCC#N)OCCCCCCNC(=O)OCCC#N. The van der Waals surface area contributed by atoms with Crippen LogP contribution < -0.4 is 5.32 Å². The first kappa shape index (κ1) is 26.6. The third-order valence-corrected chi connectivity index (χ3v) is 5.76. The first-order valence-electron chi connectivity index (χ1n) is 9.92. The number of carbonyl (C=O) groups is 1. The number of nitrogens with zero attached hydrogens (tertiary/aromatic N) is 3. The van der Waals surface area contributed by atoms with Crippen molar-refractivity contribution in [3.8, 4) is 12.1 Å². The highest BCUT2D eigenvalue weighted by atomic mass is 31.2. The summed E-state index contributed by atoms with van der Waals surface area (Å²) in [7, 11) is -1.17. The molecule has 0 bridgehead atoms. The number of rotatable bonds is 16. The van der Waals surface area contributed by atoms with Crippen molar-refractivity contribution in [1.82, 2.24) is 9.99 Å². The summed E-state index contributed by atoms with van der Waals surface area (Å²) in [6.07, 6.45) is 3.85. The van der Waals surface area contributed by atoms with Gasteiger partial charge in [0.15, 0.2) is 0 Å². The van der Waals surface area contributed by atoms with E-state index < -0.39 is 14.6 Å². The molecule has 1 amide bonds.